The van der Waals surface area contributed by atoms with Gasteiger partial charge in [0.25, 0.3) is 0 Å². The third kappa shape index (κ3) is 4.04. The minimum absolute atomic E-state index is 0.303. The molecule has 0 aromatic carbocycles. The van der Waals surface area contributed by atoms with Crippen LogP contribution in [0.25, 0.3) is 0 Å². The van der Waals surface area contributed by atoms with Crippen molar-refractivity contribution < 1.29 is 14.9 Å². The summed E-state index contributed by atoms with van der Waals surface area (Å²) in [5.74, 6) is 0. The molecule has 1 heterocycles. The molecule has 0 amide bonds. The molecule has 12 heavy (non-hydrogen) atoms. The molecule has 1 aliphatic heterocycles. The lowest BCUT2D eigenvalue weighted by molar-refractivity contribution is -0.345. The fraction of sp³-hybridized carbons (Fsp3) is 1.00. The van der Waals surface area contributed by atoms with Crippen molar-refractivity contribution in [1.82, 2.24) is 0 Å². The smallest absolute Gasteiger partial charge is 0.0930 e. The Morgan fingerprint density at radius 1 is 1.25 bits per heavy atom. The topological polar surface area (TPSA) is 38.7 Å². The van der Waals surface area contributed by atoms with Crippen molar-refractivity contribution in [3.8, 4) is 0 Å². The minimum Gasteiger partial charge on any atom is -0.396 e. The average molecular weight is 174 g/mol. The van der Waals surface area contributed by atoms with E-state index in [1.807, 2.05) is 0 Å². The Morgan fingerprint density at radius 2 is 2.17 bits per heavy atom. The van der Waals surface area contributed by atoms with Crippen LogP contribution in [-0.4, -0.2) is 24.4 Å². The molecule has 1 N–H and O–H groups in total. The Labute approximate surface area is 73.6 Å². The number of hydrogen-bond donors (Lipinski definition) is 1. The Balaban J connectivity index is 1.91. The second kappa shape index (κ2) is 6.40. The van der Waals surface area contributed by atoms with E-state index in [1.165, 1.54) is 0 Å². The summed E-state index contributed by atoms with van der Waals surface area (Å²) in [6.45, 7) is 1.05. The molecule has 0 saturated carbocycles. The number of unbranched alkanes of at least 4 members (excludes halogenated alkanes) is 2. The zero-order valence-corrected chi connectivity index (χ0v) is 7.50. The second-order valence-electron chi connectivity index (χ2n) is 3.26. The van der Waals surface area contributed by atoms with Crippen molar-refractivity contribution in [2.75, 3.05) is 13.2 Å². The first-order chi connectivity index (χ1) is 5.93. The summed E-state index contributed by atoms with van der Waals surface area (Å²) in [5, 5.41) is 8.55. The maximum absolute atomic E-state index is 8.55. The van der Waals surface area contributed by atoms with Crippen LogP contribution in [-0.2, 0) is 9.78 Å². The van der Waals surface area contributed by atoms with E-state index in [-0.39, 0.29) is 0 Å². The van der Waals surface area contributed by atoms with Crippen molar-refractivity contribution in [3.63, 3.8) is 0 Å². The number of hydrogen-bond acceptors (Lipinski definition) is 3. The summed E-state index contributed by atoms with van der Waals surface area (Å²) in [6.07, 6.45) is 6.75. The summed E-state index contributed by atoms with van der Waals surface area (Å²) in [4.78, 5) is 9.99. The summed E-state index contributed by atoms with van der Waals surface area (Å²) in [5.41, 5.74) is 0. The monoisotopic (exact) mass is 174 g/mol. The highest BCUT2D eigenvalue weighted by Gasteiger charge is 2.13. The predicted octanol–water partition coefficient (Wildman–Crippen LogP) is 1.65. The number of aliphatic hydroxyl groups is 1. The number of aliphatic hydroxyl groups excluding tert-OH is 1. The molecule has 0 aliphatic carbocycles. The SMILES string of the molecule is OCCCCCC1CCCOO1. The van der Waals surface area contributed by atoms with Crippen LogP contribution in [0.1, 0.15) is 38.5 Å². The first-order valence-electron chi connectivity index (χ1n) is 4.82. The largest absolute Gasteiger partial charge is 0.396 e. The van der Waals surface area contributed by atoms with Gasteiger partial charge in [0, 0.05) is 6.61 Å². The lowest BCUT2D eigenvalue weighted by Crippen LogP contribution is -2.19. The highest BCUT2D eigenvalue weighted by atomic mass is 17.2. The van der Waals surface area contributed by atoms with Crippen LogP contribution in [0.15, 0.2) is 0 Å². The molecule has 1 fully saturated rings. The lowest BCUT2D eigenvalue weighted by Gasteiger charge is -2.20. The van der Waals surface area contributed by atoms with Crippen molar-refractivity contribution in [1.29, 1.82) is 0 Å². The first-order valence-corrected chi connectivity index (χ1v) is 4.82. The Bertz CT molecular complexity index is 99.9. The molecule has 3 heteroatoms. The molecule has 72 valence electrons. The number of rotatable bonds is 5. The Hall–Kier alpha value is -0.120. The molecule has 1 unspecified atom stereocenters. The van der Waals surface area contributed by atoms with Crippen LogP contribution in [0, 0.1) is 0 Å². The van der Waals surface area contributed by atoms with E-state index in [2.05, 4.69) is 0 Å². The molecule has 1 saturated heterocycles. The molecule has 0 aromatic heterocycles. The van der Waals surface area contributed by atoms with E-state index in [9.17, 15) is 0 Å². The second-order valence-corrected chi connectivity index (χ2v) is 3.26. The average Bonchev–Trinajstić information content (AvgIpc) is 2.14. The summed E-state index contributed by atoms with van der Waals surface area (Å²) < 4.78 is 0. The molecule has 1 rings (SSSR count). The molecule has 0 bridgehead atoms. The summed E-state index contributed by atoms with van der Waals surface area (Å²) in [7, 11) is 0. The fourth-order valence-electron chi connectivity index (χ4n) is 1.42. The van der Waals surface area contributed by atoms with Crippen LogP contribution < -0.4 is 0 Å². The molecule has 3 nitrogen and oxygen atoms in total. The third-order valence-electron chi connectivity index (χ3n) is 2.14. The Kier molecular flexibility index (Phi) is 5.32. The normalized spacial score (nSPS) is 24.2. The molecule has 0 aromatic rings. The van der Waals surface area contributed by atoms with Crippen LogP contribution in [0.4, 0.5) is 0 Å². The van der Waals surface area contributed by atoms with Gasteiger partial charge < -0.3 is 5.11 Å². The molecule has 0 spiro atoms. The van der Waals surface area contributed by atoms with Gasteiger partial charge in [0.1, 0.15) is 0 Å². The predicted molar refractivity (Wildman–Crippen MR) is 45.6 cm³/mol. The molecule has 1 aliphatic rings. The van der Waals surface area contributed by atoms with Gasteiger partial charge in [-0.25, -0.2) is 9.78 Å². The van der Waals surface area contributed by atoms with Gasteiger partial charge >= 0.3 is 0 Å². The van der Waals surface area contributed by atoms with Gasteiger partial charge in [-0.05, 0) is 25.7 Å². The zero-order valence-electron chi connectivity index (χ0n) is 7.50. The van der Waals surface area contributed by atoms with Gasteiger partial charge in [-0.2, -0.15) is 0 Å². The first kappa shape index (κ1) is 9.96. The van der Waals surface area contributed by atoms with Gasteiger partial charge in [-0.15, -0.1) is 0 Å². The maximum Gasteiger partial charge on any atom is 0.0930 e. The van der Waals surface area contributed by atoms with Crippen LogP contribution in [0.2, 0.25) is 0 Å². The van der Waals surface area contributed by atoms with E-state index < -0.39 is 0 Å². The van der Waals surface area contributed by atoms with Crippen molar-refractivity contribution >= 4 is 0 Å². The lowest BCUT2D eigenvalue weighted by atomic mass is 10.1. The van der Waals surface area contributed by atoms with Crippen molar-refractivity contribution in [3.05, 3.63) is 0 Å². The van der Waals surface area contributed by atoms with Gasteiger partial charge in [0.05, 0.1) is 12.7 Å². The zero-order chi connectivity index (χ0) is 8.65. The summed E-state index contributed by atoms with van der Waals surface area (Å²) >= 11 is 0. The van der Waals surface area contributed by atoms with Gasteiger partial charge in [0.15, 0.2) is 0 Å². The van der Waals surface area contributed by atoms with E-state index in [0.717, 1.165) is 45.1 Å². The van der Waals surface area contributed by atoms with Crippen LogP contribution in [0.5, 0.6) is 0 Å². The van der Waals surface area contributed by atoms with Gasteiger partial charge in [-0.1, -0.05) is 12.8 Å². The maximum atomic E-state index is 8.55. The van der Waals surface area contributed by atoms with E-state index in [4.69, 9.17) is 14.9 Å². The fourth-order valence-corrected chi connectivity index (χ4v) is 1.42. The van der Waals surface area contributed by atoms with Crippen molar-refractivity contribution in [2.24, 2.45) is 0 Å². The minimum atomic E-state index is 0.303. The summed E-state index contributed by atoms with van der Waals surface area (Å²) in [6, 6.07) is 0. The van der Waals surface area contributed by atoms with E-state index >= 15 is 0 Å². The molecular formula is C9H18O3. The third-order valence-corrected chi connectivity index (χ3v) is 2.14. The van der Waals surface area contributed by atoms with Gasteiger partial charge in [-0.3, -0.25) is 0 Å². The highest BCUT2D eigenvalue weighted by molar-refractivity contribution is 4.59. The van der Waals surface area contributed by atoms with E-state index in [1.54, 1.807) is 0 Å². The Morgan fingerprint density at radius 3 is 2.83 bits per heavy atom. The molecule has 0 radical (unpaired) electrons. The molecule has 1 atom stereocenters. The standard InChI is InChI=1S/C9H18O3/c10-7-3-1-2-5-9-6-4-8-11-12-9/h9-10H,1-8H2. The molecular weight excluding hydrogens is 156 g/mol. The van der Waals surface area contributed by atoms with Crippen LogP contribution in [0.3, 0.4) is 0 Å². The van der Waals surface area contributed by atoms with E-state index in [0.29, 0.717) is 12.7 Å². The quantitative estimate of drug-likeness (QED) is 0.508. The van der Waals surface area contributed by atoms with Crippen molar-refractivity contribution in [2.45, 2.75) is 44.6 Å². The van der Waals surface area contributed by atoms with Gasteiger partial charge in [0.2, 0.25) is 0 Å². The highest BCUT2D eigenvalue weighted by Crippen LogP contribution is 2.16. The van der Waals surface area contributed by atoms with Crippen LogP contribution >= 0.6 is 0 Å².